The second-order valence-corrected chi connectivity index (χ2v) is 21.4. The number of carbonyl (C=O) groups excluding carboxylic acids is 2. The van der Waals surface area contributed by atoms with Gasteiger partial charge in [-0.05, 0) is 102 Å². The van der Waals surface area contributed by atoms with Crippen LogP contribution < -0.4 is 13.3 Å². The van der Waals surface area contributed by atoms with Crippen molar-refractivity contribution < 1.29 is 40.6 Å². The molecule has 2 aromatic heterocycles. The lowest BCUT2D eigenvalue weighted by atomic mass is 9.93. The van der Waals surface area contributed by atoms with E-state index in [9.17, 15) is 26.4 Å². The predicted molar refractivity (Wildman–Crippen MR) is 235 cm³/mol. The molecule has 318 valence electrons. The first kappa shape index (κ1) is 46.6. The quantitative estimate of drug-likeness (QED) is 0.0825. The van der Waals surface area contributed by atoms with Crippen LogP contribution in [0.1, 0.15) is 87.1 Å². The summed E-state index contributed by atoms with van der Waals surface area (Å²) < 4.78 is 75.1. The van der Waals surface area contributed by atoms with E-state index in [1.54, 1.807) is 59.8 Å². The Morgan fingerprint density at radius 1 is 0.797 bits per heavy atom. The van der Waals surface area contributed by atoms with Crippen LogP contribution in [0.3, 0.4) is 0 Å². The molecule has 0 aliphatic heterocycles. The highest BCUT2D eigenvalue weighted by molar-refractivity contribution is 7.94. The molecule has 0 atom stereocenters. The number of allylic oxidation sites excluding steroid dienone is 1. The number of nitrogens with zero attached hydrogens (tertiary/aromatic N) is 4. The molecule has 0 unspecified atom stereocenters. The highest BCUT2D eigenvalue weighted by Gasteiger charge is 2.41. The molecule has 2 amide bonds. The summed E-state index contributed by atoms with van der Waals surface area (Å²) in [6, 6.07) is 18.0. The van der Waals surface area contributed by atoms with Crippen molar-refractivity contribution in [3.63, 3.8) is 0 Å². The van der Waals surface area contributed by atoms with Crippen LogP contribution in [0.4, 0.5) is 20.5 Å². The van der Waals surface area contributed by atoms with Gasteiger partial charge in [-0.3, -0.25) is 0 Å². The van der Waals surface area contributed by atoms with E-state index in [1.165, 1.54) is 12.1 Å². The zero-order chi connectivity index (χ0) is 44.0. The van der Waals surface area contributed by atoms with Crippen LogP contribution in [0, 0.1) is 5.41 Å². The largest absolute Gasteiger partial charge is 0.494 e. The van der Waals surface area contributed by atoms with Gasteiger partial charge in [0.2, 0.25) is 15.2 Å². The lowest BCUT2D eigenvalue weighted by Crippen LogP contribution is -2.43. The standard InChI is InChI=1S/C43H54N4O9S3/c1-12-14-17-28-58(50,51)46(39(48)55-42(6,7)8)34-24-19-25-35(44-34)59(52,53)47(40(49)56-43(9,10)11)38-45-36(33-23-16-15-20-30(33)13-2)37(57-38)31-21-18-22-32(29-31)54-27-26-41(3,4)5/h12-13,15-16,18-25,29H,1-2,14,17,26-28H2,3-11H3. The van der Waals surface area contributed by atoms with E-state index in [1.807, 2.05) is 36.4 Å². The normalized spacial score (nSPS) is 12.4. The first-order valence-electron chi connectivity index (χ1n) is 18.9. The summed E-state index contributed by atoms with van der Waals surface area (Å²) in [6.45, 7) is 23.8. The number of rotatable bonds is 15. The number of unbranched alkanes of at least 4 members (excludes halogenated alkanes) is 1. The van der Waals surface area contributed by atoms with E-state index in [2.05, 4.69) is 38.9 Å². The molecule has 0 aliphatic carbocycles. The van der Waals surface area contributed by atoms with Crippen LogP contribution >= 0.6 is 11.3 Å². The Balaban J connectivity index is 1.96. The topological polar surface area (TPSA) is 162 Å². The maximum atomic E-state index is 14.9. The van der Waals surface area contributed by atoms with Crippen molar-refractivity contribution in [1.29, 1.82) is 0 Å². The molecular formula is C43H54N4O9S3. The molecule has 0 fully saturated rings. The van der Waals surface area contributed by atoms with E-state index in [-0.39, 0.29) is 17.0 Å². The number of thiazole rings is 1. The SMILES string of the molecule is C=CCCCS(=O)(=O)N(C(=O)OC(C)(C)C)c1cccc(S(=O)(=O)N(C(=O)OC(C)(C)C)c2nc(-c3ccccc3C=C)c(-c3cccc(OCCC(C)(C)C)c3)s2)n1. The monoisotopic (exact) mass is 866 g/mol. The highest BCUT2D eigenvalue weighted by Crippen LogP contribution is 2.44. The van der Waals surface area contributed by atoms with Crippen molar-refractivity contribution in [1.82, 2.24) is 9.97 Å². The van der Waals surface area contributed by atoms with E-state index < -0.39 is 60.0 Å². The molecule has 0 bridgehead atoms. The molecular weight excluding hydrogens is 813 g/mol. The Morgan fingerprint density at radius 3 is 2.03 bits per heavy atom. The fraction of sp³-hybridized carbons (Fsp3) is 0.395. The summed E-state index contributed by atoms with van der Waals surface area (Å²) in [6.07, 6.45) is 1.84. The number of amides is 2. The number of aromatic nitrogens is 2. The fourth-order valence-electron chi connectivity index (χ4n) is 5.36. The van der Waals surface area contributed by atoms with Gasteiger partial charge in [0.1, 0.15) is 17.0 Å². The average Bonchev–Trinajstić information content (AvgIpc) is 3.54. The maximum absolute atomic E-state index is 14.9. The van der Waals surface area contributed by atoms with Gasteiger partial charge in [0, 0.05) is 5.56 Å². The molecule has 2 aromatic carbocycles. The number of benzene rings is 2. The second kappa shape index (κ2) is 18.5. The third kappa shape index (κ3) is 12.5. The van der Waals surface area contributed by atoms with Crippen molar-refractivity contribution in [3.8, 4) is 27.4 Å². The molecule has 0 radical (unpaired) electrons. The fourth-order valence-corrected chi connectivity index (χ4v) is 9.23. The van der Waals surface area contributed by atoms with Crippen LogP contribution in [0.2, 0.25) is 0 Å². The molecule has 59 heavy (non-hydrogen) atoms. The molecule has 13 nitrogen and oxygen atoms in total. The second-order valence-electron chi connectivity index (χ2n) is 16.7. The molecule has 4 aromatic rings. The van der Waals surface area contributed by atoms with Crippen LogP contribution in [0.25, 0.3) is 27.8 Å². The van der Waals surface area contributed by atoms with E-state index >= 15 is 0 Å². The molecule has 0 spiro atoms. The van der Waals surface area contributed by atoms with Crippen LogP contribution in [-0.2, 0) is 29.5 Å². The third-order valence-electron chi connectivity index (χ3n) is 8.07. The van der Waals surface area contributed by atoms with Gasteiger partial charge in [-0.15, -0.1) is 10.9 Å². The minimum atomic E-state index is -5.06. The van der Waals surface area contributed by atoms with Gasteiger partial charge in [-0.1, -0.05) is 93.3 Å². The van der Waals surface area contributed by atoms with E-state index in [4.69, 9.17) is 19.2 Å². The lowest BCUT2D eigenvalue weighted by molar-refractivity contribution is 0.0595. The Kier molecular flexibility index (Phi) is 14.6. The van der Waals surface area contributed by atoms with Gasteiger partial charge in [0.05, 0.1) is 22.9 Å². The Labute approximate surface area is 352 Å². The first-order chi connectivity index (χ1) is 27.4. The zero-order valence-electron chi connectivity index (χ0n) is 35.1. The van der Waals surface area contributed by atoms with Gasteiger partial charge in [-0.25, -0.2) is 28.0 Å². The van der Waals surface area contributed by atoms with Crippen LogP contribution in [-0.4, -0.2) is 62.6 Å². The number of hydrogen-bond acceptors (Lipinski definition) is 12. The molecule has 0 saturated heterocycles. The Morgan fingerprint density at radius 2 is 1.42 bits per heavy atom. The van der Waals surface area contributed by atoms with Crippen molar-refractivity contribution in [2.75, 3.05) is 21.0 Å². The molecule has 0 aliphatic rings. The molecule has 16 heteroatoms. The minimum Gasteiger partial charge on any atom is -0.494 e. The van der Waals surface area contributed by atoms with Crippen LogP contribution in [0.5, 0.6) is 5.75 Å². The summed E-state index contributed by atoms with van der Waals surface area (Å²) in [5.41, 5.74) is 0.0447. The molecule has 0 saturated carbocycles. The van der Waals surface area contributed by atoms with Crippen LogP contribution in [0.15, 0.2) is 91.0 Å². The summed E-state index contributed by atoms with van der Waals surface area (Å²) in [5, 5.41) is -1.06. The van der Waals surface area contributed by atoms with Gasteiger partial charge >= 0.3 is 12.2 Å². The highest BCUT2D eigenvalue weighted by atomic mass is 32.2. The van der Waals surface area contributed by atoms with Crippen molar-refractivity contribution in [2.45, 2.75) is 97.8 Å². The molecule has 0 N–H and O–H groups in total. The van der Waals surface area contributed by atoms with Gasteiger partial charge < -0.3 is 14.2 Å². The number of sulfonamides is 2. The lowest BCUT2D eigenvalue weighted by Gasteiger charge is -2.27. The summed E-state index contributed by atoms with van der Waals surface area (Å²) in [7, 11) is -9.52. The van der Waals surface area contributed by atoms with Gasteiger partial charge in [0.25, 0.3) is 10.0 Å². The van der Waals surface area contributed by atoms with Crippen molar-refractivity contribution in [2.24, 2.45) is 5.41 Å². The van der Waals surface area contributed by atoms with Crippen molar-refractivity contribution in [3.05, 3.63) is 91.5 Å². The number of hydrogen-bond donors (Lipinski definition) is 0. The molecule has 4 rings (SSSR count). The Hall–Kier alpha value is -5.06. The van der Waals surface area contributed by atoms with E-state index in [0.29, 0.717) is 54.6 Å². The first-order valence-corrected chi connectivity index (χ1v) is 22.8. The van der Waals surface area contributed by atoms with Gasteiger partial charge in [-0.2, -0.15) is 12.7 Å². The summed E-state index contributed by atoms with van der Waals surface area (Å²) in [5.74, 6) is -0.483. The smallest absolute Gasteiger partial charge is 0.431 e. The third-order valence-corrected chi connectivity index (χ3v) is 12.5. The number of carbonyl (C=O) groups is 2. The van der Waals surface area contributed by atoms with Gasteiger partial charge in [0.15, 0.2) is 10.8 Å². The summed E-state index contributed by atoms with van der Waals surface area (Å²) >= 11 is 0.913. The minimum absolute atomic E-state index is 0.0461. The molecule has 2 heterocycles. The summed E-state index contributed by atoms with van der Waals surface area (Å²) in [4.78, 5) is 37.2. The predicted octanol–water partition coefficient (Wildman–Crippen LogP) is 10.5. The Bertz CT molecular complexity index is 2390. The zero-order valence-corrected chi connectivity index (χ0v) is 37.6. The average molecular weight is 867 g/mol. The van der Waals surface area contributed by atoms with E-state index in [0.717, 1.165) is 29.9 Å². The number of ether oxygens (including phenoxy) is 3. The number of pyridine rings is 1. The maximum Gasteiger partial charge on any atom is 0.431 e. The number of anilines is 2. The van der Waals surface area contributed by atoms with Crippen molar-refractivity contribution >= 4 is 60.6 Å².